The third-order valence-electron chi connectivity index (χ3n) is 6.29. The van der Waals surface area contributed by atoms with Gasteiger partial charge >= 0.3 is 5.97 Å². The number of nitrogens with two attached hydrogens (primary N) is 1. The van der Waals surface area contributed by atoms with E-state index in [-0.39, 0.29) is 45.4 Å². The number of nitrogens with zero attached hydrogens (tertiary/aromatic N) is 3. The summed E-state index contributed by atoms with van der Waals surface area (Å²) in [5.74, 6) is -0.619. The molecule has 0 saturated heterocycles. The monoisotopic (exact) mass is 619 g/mol. The van der Waals surface area contributed by atoms with E-state index in [9.17, 15) is 23.3 Å². The Bertz CT molecular complexity index is 1910. The number of anilines is 2. The van der Waals surface area contributed by atoms with Crippen LogP contribution in [0, 0.1) is 11.3 Å². The third kappa shape index (κ3) is 6.53. The van der Waals surface area contributed by atoms with Crippen LogP contribution in [0.2, 0.25) is 5.02 Å². The van der Waals surface area contributed by atoms with Crippen molar-refractivity contribution in [3.8, 4) is 22.9 Å². The van der Waals surface area contributed by atoms with E-state index in [1.165, 1.54) is 43.5 Å². The van der Waals surface area contributed by atoms with Gasteiger partial charge in [0, 0.05) is 16.3 Å². The number of ether oxygens (including phenoxy) is 2. The topological polar surface area (TPSA) is 166 Å². The molecule has 0 aliphatic carbocycles. The first-order chi connectivity index (χ1) is 20.5. The summed E-state index contributed by atoms with van der Waals surface area (Å²) in [6.45, 7) is 3.23. The van der Waals surface area contributed by atoms with Gasteiger partial charge in [0.15, 0.2) is 0 Å². The molecule has 220 valence electrons. The van der Waals surface area contributed by atoms with Crippen molar-refractivity contribution in [3.05, 3.63) is 105 Å². The van der Waals surface area contributed by atoms with E-state index in [1.807, 2.05) is 6.07 Å². The Morgan fingerprint density at radius 3 is 2.26 bits per heavy atom. The van der Waals surface area contributed by atoms with E-state index in [2.05, 4.69) is 9.82 Å². The molecule has 1 heterocycles. The van der Waals surface area contributed by atoms with Crippen LogP contribution < -0.4 is 20.8 Å². The van der Waals surface area contributed by atoms with Gasteiger partial charge < -0.3 is 15.2 Å². The van der Waals surface area contributed by atoms with Crippen LogP contribution in [0.1, 0.15) is 35.3 Å². The fraction of sp³-hybridized carbons (Fsp3) is 0.133. The number of halogens is 1. The lowest BCUT2D eigenvalue weighted by Gasteiger charge is -2.16. The van der Waals surface area contributed by atoms with Crippen LogP contribution in [0.25, 0.3) is 11.1 Å². The SMILES string of the molecule is CCOC(=O)c1c(-c2ccc(OC)cc2)c(C#N)c(=O)n(/N=C(\C)c2ccc(NS(=O)(=O)c3ccc(Cl)cc3)cc2)c1N. The number of hydrogen-bond donors (Lipinski definition) is 2. The minimum atomic E-state index is -3.86. The average molecular weight is 620 g/mol. The van der Waals surface area contributed by atoms with Gasteiger partial charge in [-0.05, 0) is 73.5 Å². The van der Waals surface area contributed by atoms with E-state index in [1.54, 1.807) is 50.2 Å². The molecule has 0 aliphatic rings. The van der Waals surface area contributed by atoms with Crippen molar-refractivity contribution >= 4 is 44.8 Å². The zero-order valence-corrected chi connectivity index (χ0v) is 24.9. The molecule has 0 atom stereocenters. The molecule has 0 saturated carbocycles. The highest BCUT2D eigenvalue weighted by atomic mass is 35.5. The van der Waals surface area contributed by atoms with Crippen molar-refractivity contribution in [2.24, 2.45) is 5.10 Å². The maximum atomic E-state index is 13.5. The number of carbonyl (C=O) groups is 1. The predicted molar refractivity (Wildman–Crippen MR) is 164 cm³/mol. The molecule has 4 rings (SSSR count). The summed E-state index contributed by atoms with van der Waals surface area (Å²) < 4.78 is 39.1. The largest absolute Gasteiger partial charge is 0.497 e. The maximum Gasteiger partial charge on any atom is 0.342 e. The van der Waals surface area contributed by atoms with Gasteiger partial charge in [0.05, 0.1) is 24.3 Å². The summed E-state index contributed by atoms with van der Waals surface area (Å²) in [6.07, 6.45) is 0. The number of nitriles is 1. The van der Waals surface area contributed by atoms with Gasteiger partial charge in [-0.25, -0.2) is 13.2 Å². The van der Waals surface area contributed by atoms with Crippen molar-refractivity contribution in [1.82, 2.24) is 4.68 Å². The lowest BCUT2D eigenvalue weighted by Crippen LogP contribution is -2.28. The van der Waals surface area contributed by atoms with Gasteiger partial charge in [0.25, 0.3) is 15.6 Å². The molecule has 1 aromatic heterocycles. The number of aromatic nitrogens is 1. The summed E-state index contributed by atoms with van der Waals surface area (Å²) in [5.41, 5.74) is 6.45. The van der Waals surface area contributed by atoms with Crippen molar-refractivity contribution < 1.29 is 22.7 Å². The van der Waals surface area contributed by atoms with Crippen LogP contribution in [0.5, 0.6) is 5.75 Å². The standard InChI is InChI=1S/C30H26ClN5O6S/c1-4-42-30(38)27-26(20-7-13-23(41-3)14-8-20)25(17-32)29(37)36(28(27)33)34-18(2)19-5-11-22(12-6-19)35-43(39,40)24-15-9-21(31)10-16-24/h5-16,35H,4,33H2,1-3H3/b34-18+. The fourth-order valence-corrected chi connectivity index (χ4v) is 5.34. The Labute approximate surface area is 252 Å². The molecule has 11 nitrogen and oxygen atoms in total. The molecule has 13 heteroatoms. The Kier molecular flexibility index (Phi) is 9.18. The number of nitrogen functional groups attached to an aromatic ring is 1. The number of nitrogens with one attached hydrogen (secondary N) is 1. The number of hydrogen-bond acceptors (Lipinski definition) is 9. The molecule has 4 aromatic rings. The van der Waals surface area contributed by atoms with Crippen LogP contribution in [-0.2, 0) is 14.8 Å². The maximum absolute atomic E-state index is 13.5. The minimum absolute atomic E-state index is 0.0209. The zero-order valence-electron chi connectivity index (χ0n) is 23.3. The molecule has 0 fully saturated rings. The summed E-state index contributed by atoms with van der Waals surface area (Å²) in [4.78, 5) is 26.6. The number of pyridine rings is 1. The molecule has 0 unspecified atom stereocenters. The Morgan fingerprint density at radius 1 is 1.07 bits per heavy atom. The number of carbonyl (C=O) groups excluding carboxylic acids is 1. The molecular formula is C30H26ClN5O6S. The normalized spacial score (nSPS) is 11.5. The molecule has 0 radical (unpaired) electrons. The zero-order chi connectivity index (χ0) is 31.3. The van der Waals surface area contributed by atoms with E-state index in [4.69, 9.17) is 26.8 Å². The summed E-state index contributed by atoms with van der Waals surface area (Å²) in [7, 11) is -2.37. The first-order valence-corrected chi connectivity index (χ1v) is 14.6. The fourth-order valence-electron chi connectivity index (χ4n) is 4.16. The first-order valence-electron chi connectivity index (χ1n) is 12.7. The van der Waals surface area contributed by atoms with E-state index in [0.717, 1.165) is 4.68 Å². The van der Waals surface area contributed by atoms with Gasteiger partial charge in [0.1, 0.15) is 28.8 Å². The van der Waals surface area contributed by atoms with Crippen LogP contribution in [0.15, 0.2) is 87.6 Å². The van der Waals surface area contributed by atoms with E-state index >= 15 is 0 Å². The Balaban J connectivity index is 1.76. The van der Waals surface area contributed by atoms with Gasteiger partial charge in [-0.2, -0.15) is 15.0 Å². The molecule has 0 bridgehead atoms. The summed E-state index contributed by atoms with van der Waals surface area (Å²) >= 11 is 5.85. The van der Waals surface area contributed by atoms with Crippen molar-refractivity contribution in [3.63, 3.8) is 0 Å². The highest BCUT2D eigenvalue weighted by molar-refractivity contribution is 7.92. The second kappa shape index (κ2) is 12.8. The molecule has 43 heavy (non-hydrogen) atoms. The van der Waals surface area contributed by atoms with Crippen LogP contribution in [0.4, 0.5) is 11.5 Å². The number of esters is 1. The molecule has 0 amide bonds. The quantitative estimate of drug-likeness (QED) is 0.197. The van der Waals surface area contributed by atoms with Crippen LogP contribution in [-0.4, -0.2) is 38.5 Å². The summed E-state index contributed by atoms with van der Waals surface area (Å²) in [6, 6.07) is 20.2. The second-order valence-corrected chi connectivity index (χ2v) is 11.1. The van der Waals surface area contributed by atoms with Crippen LogP contribution >= 0.6 is 11.6 Å². The van der Waals surface area contributed by atoms with Crippen LogP contribution in [0.3, 0.4) is 0 Å². The van der Waals surface area contributed by atoms with Crippen molar-refractivity contribution in [1.29, 1.82) is 5.26 Å². The lowest BCUT2D eigenvalue weighted by atomic mass is 9.96. The van der Waals surface area contributed by atoms with Gasteiger partial charge in [0.2, 0.25) is 0 Å². The van der Waals surface area contributed by atoms with Gasteiger partial charge in [-0.15, -0.1) is 0 Å². The molecule has 0 aliphatic heterocycles. The molecule has 3 aromatic carbocycles. The number of methoxy groups -OCH3 is 1. The number of sulfonamides is 1. The molecule has 3 N–H and O–H groups in total. The first kappa shape index (κ1) is 30.8. The smallest absolute Gasteiger partial charge is 0.342 e. The second-order valence-electron chi connectivity index (χ2n) is 9.01. The molecule has 0 spiro atoms. The third-order valence-corrected chi connectivity index (χ3v) is 7.94. The number of benzene rings is 3. The lowest BCUT2D eigenvalue weighted by molar-refractivity contribution is 0.0527. The van der Waals surface area contributed by atoms with Crippen molar-refractivity contribution in [2.75, 3.05) is 24.2 Å². The van der Waals surface area contributed by atoms with Gasteiger partial charge in [-0.3, -0.25) is 9.52 Å². The van der Waals surface area contributed by atoms with Crippen molar-refractivity contribution in [2.45, 2.75) is 18.7 Å². The van der Waals surface area contributed by atoms with E-state index < -0.39 is 21.6 Å². The highest BCUT2D eigenvalue weighted by Crippen LogP contribution is 2.32. The van der Waals surface area contributed by atoms with Gasteiger partial charge in [-0.1, -0.05) is 35.9 Å². The minimum Gasteiger partial charge on any atom is -0.497 e. The predicted octanol–water partition coefficient (Wildman–Crippen LogP) is 4.88. The van der Waals surface area contributed by atoms with E-state index in [0.29, 0.717) is 21.9 Å². The number of rotatable bonds is 9. The highest BCUT2D eigenvalue weighted by Gasteiger charge is 2.27. The Morgan fingerprint density at radius 2 is 1.70 bits per heavy atom. The average Bonchev–Trinajstić information content (AvgIpc) is 2.99. The Hall–Kier alpha value is -5.12. The summed E-state index contributed by atoms with van der Waals surface area (Å²) in [5, 5.41) is 14.7. The molecular weight excluding hydrogens is 594 g/mol.